The van der Waals surface area contributed by atoms with Gasteiger partial charge in [0, 0.05) is 0 Å². The molecule has 0 aromatic rings. The van der Waals surface area contributed by atoms with Crippen LogP contribution in [0.3, 0.4) is 0 Å². The van der Waals surface area contributed by atoms with Gasteiger partial charge >= 0.3 is 0 Å². The largest absolute Gasteiger partial charge is 0.378 e. The summed E-state index contributed by atoms with van der Waals surface area (Å²) in [5, 5.41) is 0. The van der Waals surface area contributed by atoms with Crippen molar-refractivity contribution in [2.45, 2.75) is 38.2 Å². The Morgan fingerprint density at radius 1 is 1.36 bits per heavy atom. The molecule has 2 saturated heterocycles. The molecule has 0 radical (unpaired) electrons. The number of hydrogen-bond donors (Lipinski definition) is 1. The van der Waals surface area contributed by atoms with Gasteiger partial charge < -0.3 is 10.5 Å². The topological polar surface area (TPSA) is 35.2 Å². The molecule has 11 heavy (non-hydrogen) atoms. The molecule has 2 aliphatic heterocycles. The van der Waals surface area contributed by atoms with Gasteiger partial charge in [0.25, 0.3) is 0 Å². The highest BCUT2D eigenvalue weighted by molar-refractivity contribution is 4.90. The molecule has 3 rings (SSSR count). The van der Waals surface area contributed by atoms with E-state index in [-0.39, 0.29) is 0 Å². The fourth-order valence-electron chi connectivity index (χ4n) is 2.44. The lowest BCUT2D eigenvalue weighted by atomic mass is 9.69. The monoisotopic (exact) mass is 155 g/mol. The van der Waals surface area contributed by atoms with Crippen LogP contribution in [0.4, 0.5) is 0 Å². The Bertz CT molecular complexity index is 119. The molecule has 0 spiro atoms. The van der Waals surface area contributed by atoms with Gasteiger partial charge in [-0.25, -0.2) is 0 Å². The summed E-state index contributed by atoms with van der Waals surface area (Å²) in [6, 6.07) is 0. The summed E-state index contributed by atoms with van der Waals surface area (Å²) in [6.45, 7) is 1.81. The van der Waals surface area contributed by atoms with E-state index in [0.29, 0.717) is 11.5 Å². The molecule has 3 fully saturated rings. The zero-order valence-corrected chi connectivity index (χ0v) is 7.01. The number of ether oxygens (including phenoxy) is 1. The zero-order valence-electron chi connectivity index (χ0n) is 7.01. The Hall–Kier alpha value is -0.0800. The molecule has 0 unspecified atom stereocenters. The normalized spacial score (nSPS) is 42.8. The minimum Gasteiger partial charge on any atom is -0.378 e. The van der Waals surface area contributed by atoms with Gasteiger partial charge in [-0.1, -0.05) is 0 Å². The highest BCUT2D eigenvalue weighted by Gasteiger charge is 2.40. The fraction of sp³-hybridized carbons (Fsp3) is 1.00. The first-order valence-corrected chi connectivity index (χ1v) is 4.66. The van der Waals surface area contributed by atoms with E-state index in [0.717, 1.165) is 13.2 Å². The van der Waals surface area contributed by atoms with Crippen molar-refractivity contribution in [2.75, 3.05) is 13.2 Å². The van der Waals surface area contributed by atoms with Gasteiger partial charge in [-0.15, -0.1) is 0 Å². The van der Waals surface area contributed by atoms with E-state index in [1.54, 1.807) is 0 Å². The van der Waals surface area contributed by atoms with E-state index < -0.39 is 0 Å². The van der Waals surface area contributed by atoms with Gasteiger partial charge in [0.1, 0.15) is 0 Å². The maximum absolute atomic E-state index is 5.68. The Labute approximate surface area is 68.1 Å². The van der Waals surface area contributed by atoms with Crippen LogP contribution >= 0.6 is 0 Å². The second-order valence-electron chi connectivity index (χ2n) is 4.05. The Balaban J connectivity index is 2.00. The molecule has 3 aliphatic rings. The summed E-state index contributed by atoms with van der Waals surface area (Å²) in [5.74, 6) is 0. The van der Waals surface area contributed by atoms with Gasteiger partial charge in [-0.2, -0.15) is 0 Å². The highest BCUT2D eigenvalue weighted by atomic mass is 16.5. The lowest BCUT2D eigenvalue weighted by Crippen LogP contribution is -2.43. The first-order chi connectivity index (χ1) is 5.35. The highest BCUT2D eigenvalue weighted by Crippen LogP contribution is 2.44. The predicted octanol–water partition coefficient (Wildman–Crippen LogP) is 1.29. The molecule has 1 saturated carbocycles. The zero-order chi connectivity index (χ0) is 7.73. The number of hydrogen-bond acceptors (Lipinski definition) is 2. The second-order valence-corrected chi connectivity index (χ2v) is 4.05. The third kappa shape index (κ3) is 1.30. The summed E-state index contributed by atoms with van der Waals surface area (Å²) < 4.78 is 5.68. The first kappa shape index (κ1) is 7.56. The van der Waals surface area contributed by atoms with Crippen LogP contribution in [0.15, 0.2) is 0 Å². The standard InChI is InChI=1S/C9H17NO/c10-6-5-9-3-1-8(2-4-9)11-7-9/h8H,1-7,10H2. The van der Waals surface area contributed by atoms with E-state index in [1.165, 1.54) is 32.1 Å². The van der Waals surface area contributed by atoms with Crippen molar-refractivity contribution >= 4 is 0 Å². The van der Waals surface area contributed by atoms with E-state index in [9.17, 15) is 0 Å². The summed E-state index contributed by atoms with van der Waals surface area (Å²) in [4.78, 5) is 0. The van der Waals surface area contributed by atoms with Crippen LogP contribution in [-0.2, 0) is 4.74 Å². The second kappa shape index (κ2) is 2.76. The van der Waals surface area contributed by atoms with E-state index in [2.05, 4.69) is 0 Å². The molecule has 0 aromatic carbocycles. The lowest BCUT2D eigenvalue weighted by molar-refractivity contribution is -0.116. The molecule has 2 heteroatoms. The van der Waals surface area contributed by atoms with Gasteiger partial charge in [-0.3, -0.25) is 0 Å². The Morgan fingerprint density at radius 3 is 2.55 bits per heavy atom. The third-order valence-corrected chi connectivity index (χ3v) is 3.29. The van der Waals surface area contributed by atoms with Crippen LogP contribution in [0.5, 0.6) is 0 Å². The van der Waals surface area contributed by atoms with Crippen LogP contribution in [0, 0.1) is 5.41 Å². The molecule has 2 N–H and O–H groups in total. The minimum atomic E-state index is 0.490. The van der Waals surface area contributed by atoms with Gasteiger partial charge in [0.05, 0.1) is 12.7 Å². The molecular formula is C9H17NO. The average Bonchev–Trinajstić information content (AvgIpc) is 2.07. The van der Waals surface area contributed by atoms with Crippen molar-refractivity contribution < 1.29 is 4.74 Å². The van der Waals surface area contributed by atoms with Crippen LogP contribution in [0.1, 0.15) is 32.1 Å². The molecule has 0 amide bonds. The van der Waals surface area contributed by atoms with Crippen molar-refractivity contribution in [3.05, 3.63) is 0 Å². The number of nitrogens with two attached hydrogens (primary N) is 1. The van der Waals surface area contributed by atoms with Gasteiger partial charge in [-0.05, 0) is 44.1 Å². The first-order valence-electron chi connectivity index (χ1n) is 4.66. The molecule has 64 valence electrons. The van der Waals surface area contributed by atoms with Crippen molar-refractivity contribution in [1.82, 2.24) is 0 Å². The minimum absolute atomic E-state index is 0.490. The van der Waals surface area contributed by atoms with Crippen LogP contribution in [0.25, 0.3) is 0 Å². The van der Waals surface area contributed by atoms with Crippen molar-refractivity contribution in [3.63, 3.8) is 0 Å². The van der Waals surface area contributed by atoms with Crippen LogP contribution in [0.2, 0.25) is 0 Å². The molecule has 0 atom stereocenters. The van der Waals surface area contributed by atoms with E-state index in [1.807, 2.05) is 0 Å². The molecule has 2 bridgehead atoms. The molecule has 2 heterocycles. The molecular weight excluding hydrogens is 138 g/mol. The molecule has 2 nitrogen and oxygen atoms in total. The number of fused-ring (bicyclic) bond motifs is 3. The maximum Gasteiger partial charge on any atom is 0.0575 e. The average molecular weight is 155 g/mol. The van der Waals surface area contributed by atoms with Gasteiger partial charge in [0.2, 0.25) is 0 Å². The lowest BCUT2D eigenvalue weighted by Gasteiger charge is -2.46. The Kier molecular flexibility index (Phi) is 1.90. The van der Waals surface area contributed by atoms with Crippen molar-refractivity contribution in [3.8, 4) is 0 Å². The Morgan fingerprint density at radius 2 is 2.09 bits per heavy atom. The molecule has 0 aromatic heterocycles. The quantitative estimate of drug-likeness (QED) is 0.652. The van der Waals surface area contributed by atoms with E-state index >= 15 is 0 Å². The molecule has 1 aliphatic carbocycles. The summed E-state index contributed by atoms with van der Waals surface area (Å²) in [7, 11) is 0. The van der Waals surface area contributed by atoms with Crippen LogP contribution in [-0.4, -0.2) is 19.3 Å². The SMILES string of the molecule is NCCC12CCC(CC1)OC2. The van der Waals surface area contributed by atoms with Crippen molar-refractivity contribution in [2.24, 2.45) is 11.1 Å². The summed E-state index contributed by atoms with van der Waals surface area (Å²) in [6.07, 6.45) is 7.03. The fourth-order valence-corrected chi connectivity index (χ4v) is 2.44. The summed E-state index contributed by atoms with van der Waals surface area (Å²) in [5.41, 5.74) is 6.07. The van der Waals surface area contributed by atoms with E-state index in [4.69, 9.17) is 10.5 Å². The van der Waals surface area contributed by atoms with Crippen molar-refractivity contribution in [1.29, 1.82) is 0 Å². The summed E-state index contributed by atoms with van der Waals surface area (Å²) >= 11 is 0. The predicted molar refractivity (Wildman–Crippen MR) is 44.3 cm³/mol. The number of rotatable bonds is 2. The van der Waals surface area contributed by atoms with Crippen LogP contribution < -0.4 is 5.73 Å². The third-order valence-electron chi connectivity index (χ3n) is 3.29. The van der Waals surface area contributed by atoms with Gasteiger partial charge in [0.15, 0.2) is 0 Å². The maximum atomic E-state index is 5.68. The smallest absolute Gasteiger partial charge is 0.0575 e.